The molecule has 0 saturated carbocycles. The van der Waals surface area contributed by atoms with Crippen molar-refractivity contribution in [1.29, 1.82) is 0 Å². The van der Waals surface area contributed by atoms with Gasteiger partial charge in [0.05, 0.1) is 6.61 Å². The summed E-state index contributed by atoms with van der Waals surface area (Å²) in [6, 6.07) is 5.37. The summed E-state index contributed by atoms with van der Waals surface area (Å²) in [5, 5.41) is 3.94. The minimum atomic E-state index is -0.638. The van der Waals surface area contributed by atoms with Crippen LogP contribution in [0.2, 0.25) is 5.02 Å². The molecule has 0 aliphatic heterocycles. The number of carbonyl (C=O) groups is 1. The predicted octanol–water partition coefficient (Wildman–Crippen LogP) is 3.17. The second-order valence-corrected chi connectivity index (χ2v) is 4.88. The van der Waals surface area contributed by atoms with Crippen LogP contribution < -0.4 is 10.1 Å². The van der Waals surface area contributed by atoms with Crippen LogP contribution in [-0.4, -0.2) is 25.2 Å². The molecular weight excluding hydrogens is 278 g/mol. The average molecular weight is 300 g/mol. The van der Waals surface area contributed by atoms with Crippen molar-refractivity contribution in [2.24, 2.45) is 0 Å². The minimum absolute atomic E-state index is 0.345. The van der Waals surface area contributed by atoms with Crippen LogP contribution in [-0.2, 0) is 16.1 Å². The van der Waals surface area contributed by atoms with Crippen LogP contribution in [0.1, 0.15) is 32.8 Å². The van der Waals surface area contributed by atoms with Crippen molar-refractivity contribution < 1.29 is 14.3 Å². The van der Waals surface area contributed by atoms with E-state index in [4.69, 9.17) is 21.1 Å². The molecule has 0 aliphatic carbocycles. The van der Waals surface area contributed by atoms with Gasteiger partial charge in [-0.1, -0.05) is 18.5 Å². The maximum atomic E-state index is 11.6. The van der Waals surface area contributed by atoms with Crippen molar-refractivity contribution in [2.45, 2.75) is 39.8 Å². The molecule has 20 heavy (non-hydrogen) atoms. The molecule has 1 atom stereocenters. The fraction of sp³-hybridized carbons (Fsp3) is 0.533. The first-order chi connectivity index (χ1) is 9.58. The predicted molar refractivity (Wildman–Crippen MR) is 80.2 cm³/mol. The molecule has 0 saturated heterocycles. The van der Waals surface area contributed by atoms with E-state index in [0.29, 0.717) is 23.9 Å². The van der Waals surface area contributed by atoms with Crippen molar-refractivity contribution in [3.63, 3.8) is 0 Å². The monoisotopic (exact) mass is 299 g/mol. The molecule has 5 heteroatoms. The molecular formula is C15H22ClNO3. The summed E-state index contributed by atoms with van der Waals surface area (Å²) in [7, 11) is 0. The van der Waals surface area contributed by atoms with Gasteiger partial charge in [-0.3, -0.25) is 0 Å². The zero-order valence-corrected chi connectivity index (χ0v) is 13.0. The molecule has 0 fully saturated rings. The van der Waals surface area contributed by atoms with Gasteiger partial charge in [-0.05, 0) is 45.0 Å². The van der Waals surface area contributed by atoms with Crippen LogP contribution >= 0.6 is 11.6 Å². The lowest BCUT2D eigenvalue weighted by Crippen LogP contribution is -2.27. The van der Waals surface area contributed by atoms with Crippen molar-refractivity contribution in [3.05, 3.63) is 28.8 Å². The van der Waals surface area contributed by atoms with Crippen LogP contribution in [0.3, 0.4) is 0 Å². The Morgan fingerprint density at radius 3 is 2.80 bits per heavy atom. The molecule has 0 aromatic heterocycles. The SMILES string of the molecule is CCCNCc1cc(Cl)ccc1OC(C)C(=O)OCC. The van der Waals surface area contributed by atoms with Crippen molar-refractivity contribution in [1.82, 2.24) is 5.32 Å². The third-order valence-corrected chi connectivity index (χ3v) is 2.92. The third-order valence-electron chi connectivity index (χ3n) is 2.69. The first-order valence-corrected chi connectivity index (χ1v) is 7.28. The van der Waals surface area contributed by atoms with Gasteiger partial charge in [0.1, 0.15) is 5.75 Å². The normalized spacial score (nSPS) is 12.0. The third kappa shape index (κ3) is 5.39. The van der Waals surface area contributed by atoms with Gasteiger partial charge in [-0.15, -0.1) is 0 Å². The highest BCUT2D eigenvalue weighted by Crippen LogP contribution is 2.24. The van der Waals surface area contributed by atoms with Crippen LogP contribution in [0.15, 0.2) is 18.2 Å². The Morgan fingerprint density at radius 1 is 1.40 bits per heavy atom. The zero-order chi connectivity index (χ0) is 15.0. The van der Waals surface area contributed by atoms with Crippen LogP contribution in [0.25, 0.3) is 0 Å². The number of hydrogen-bond acceptors (Lipinski definition) is 4. The summed E-state index contributed by atoms with van der Waals surface area (Å²) >= 11 is 6.00. The number of benzene rings is 1. The number of carbonyl (C=O) groups excluding carboxylic acids is 1. The van der Waals surface area contributed by atoms with Crippen molar-refractivity contribution in [2.75, 3.05) is 13.2 Å². The van der Waals surface area contributed by atoms with Gasteiger partial charge in [0.2, 0.25) is 0 Å². The molecule has 1 aromatic rings. The van der Waals surface area contributed by atoms with Gasteiger partial charge in [-0.25, -0.2) is 4.79 Å². The molecule has 0 spiro atoms. The number of halogens is 1. The van der Waals surface area contributed by atoms with Gasteiger partial charge < -0.3 is 14.8 Å². The Labute approximate surface area is 125 Å². The van der Waals surface area contributed by atoms with Crippen molar-refractivity contribution in [3.8, 4) is 5.75 Å². The van der Waals surface area contributed by atoms with Crippen LogP contribution in [0.4, 0.5) is 0 Å². The van der Waals surface area contributed by atoms with E-state index in [0.717, 1.165) is 18.5 Å². The van der Waals surface area contributed by atoms with E-state index >= 15 is 0 Å². The number of rotatable bonds is 8. The lowest BCUT2D eigenvalue weighted by atomic mass is 10.2. The number of hydrogen-bond donors (Lipinski definition) is 1. The first-order valence-electron chi connectivity index (χ1n) is 6.90. The molecule has 0 heterocycles. The minimum Gasteiger partial charge on any atom is -0.479 e. The van der Waals surface area contributed by atoms with Gasteiger partial charge in [0.15, 0.2) is 6.10 Å². The topological polar surface area (TPSA) is 47.6 Å². The quantitative estimate of drug-likeness (QED) is 0.592. The number of nitrogens with one attached hydrogen (secondary N) is 1. The zero-order valence-electron chi connectivity index (χ0n) is 12.2. The Balaban J connectivity index is 2.74. The van der Waals surface area contributed by atoms with Gasteiger partial charge in [0.25, 0.3) is 0 Å². The van der Waals surface area contributed by atoms with Gasteiger partial charge >= 0.3 is 5.97 Å². The molecule has 0 bridgehead atoms. The maximum absolute atomic E-state index is 11.6. The summed E-state index contributed by atoms with van der Waals surface area (Å²) in [5.74, 6) is 0.286. The molecule has 0 radical (unpaired) electrons. The highest BCUT2D eigenvalue weighted by Gasteiger charge is 2.17. The largest absolute Gasteiger partial charge is 0.479 e. The summed E-state index contributed by atoms with van der Waals surface area (Å²) in [4.78, 5) is 11.6. The van der Waals surface area contributed by atoms with E-state index in [1.54, 1.807) is 26.0 Å². The standard InChI is InChI=1S/C15H22ClNO3/c1-4-8-17-10-12-9-13(16)6-7-14(12)20-11(3)15(18)19-5-2/h6-7,9,11,17H,4-5,8,10H2,1-3H3. The summed E-state index contributed by atoms with van der Waals surface area (Å²) < 4.78 is 10.6. The highest BCUT2D eigenvalue weighted by atomic mass is 35.5. The molecule has 112 valence electrons. The van der Waals surface area contributed by atoms with Crippen LogP contribution in [0, 0.1) is 0 Å². The van der Waals surface area contributed by atoms with E-state index in [1.165, 1.54) is 0 Å². The van der Waals surface area contributed by atoms with Gasteiger partial charge in [0, 0.05) is 17.1 Å². The Hall–Kier alpha value is -1.26. The van der Waals surface area contributed by atoms with E-state index in [9.17, 15) is 4.79 Å². The Morgan fingerprint density at radius 2 is 2.15 bits per heavy atom. The van der Waals surface area contributed by atoms with E-state index < -0.39 is 6.10 Å². The smallest absolute Gasteiger partial charge is 0.347 e. The second-order valence-electron chi connectivity index (χ2n) is 4.44. The van der Waals surface area contributed by atoms with Crippen molar-refractivity contribution >= 4 is 17.6 Å². The summed E-state index contributed by atoms with van der Waals surface area (Å²) in [6.07, 6.45) is 0.414. The van der Waals surface area contributed by atoms with Crippen LogP contribution in [0.5, 0.6) is 5.75 Å². The molecule has 1 unspecified atom stereocenters. The Bertz CT molecular complexity index is 437. The fourth-order valence-electron chi connectivity index (χ4n) is 1.70. The van der Waals surface area contributed by atoms with E-state index in [-0.39, 0.29) is 5.97 Å². The summed E-state index contributed by atoms with van der Waals surface area (Å²) in [5.41, 5.74) is 0.932. The summed E-state index contributed by atoms with van der Waals surface area (Å²) in [6.45, 7) is 7.46. The molecule has 1 N–H and O–H groups in total. The molecule has 1 aromatic carbocycles. The molecule has 0 amide bonds. The number of ether oxygens (including phenoxy) is 2. The van der Waals surface area contributed by atoms with Gasteiger partial charge in [-0.2, -0.15) is 0 Å². The maximum Gasteiger partial charge on any atom is 0.347 e. The first kappa shape index (κ1) is 16.8. The highest BCUT2D eigenvalue weighted by molar-refractivity contribution is 6.30. The molecule has 4 nitrogen and oxygen atoms in total. The Kier molecular flexibility index (Phi) is 7.41. The lowest BCUT2D eigenvalue weighted by molar-refractivity contribution is -0.150. The number of esters is 1. The van der Waals surface area contributed by atoms with E-state index in [2.05, 4.69) is 12.2 Å². The lowest BCUT2D eigenvalue weighted by Gasteiger charge is -2.17. The molecule has 0 aliphatic rings. The average Bonchev–Trinajstić information content (AvgIpc) is 2.42. The fourth-order valence-corrected chi connectivity index (χ4v) is 1.89. The second kappa shape index (κ2) is 8.82. The van der Waals surface area contributed by atoms with E-state index in [1.807, 2.05) is 6.07 Å². The molecule has 1 rings (SSSR count).